The molecule has 66 valence electrons. The third kappa shape index (κ3) is 2.46. The van der Waals surface area contributed by atoms with Crippen LogP contribution in [0.25, 0.3) is 0 Å². The topological polar surface area (TPSA) is 15.3 Å². The van der Waals surface area contributed by atoms with Crippen molar-refractivity contribution < 1.29 is 0 Å². The van der Waals surface area contributed by atoms with E-state index >= 15 is 0 Å². The highest BCUT2D eigenvalue weighted by molar-refractivity contribution is 4.81. The lowest BCUT2D eigenvalue weighted by Gasteiger charge is -2.29. The van der Waals surface area contributed by atoms with Crippen molar-refractivity contribution in [1.29, 1.82) is 0 Å². The van der Waals surface area contributed by atoms with Crippen LogP contribution in [0.4, 0.5) is 0 Å². The van der Waals surface area contributed by atoms with Crippen LogP contribution < -0.4 is 5.32 Å². The number of likely N-dealkylation sites (N-methyl/N-ethyl adjacent to an activating group) is 1. The molecule has 1 saturated heterocycles. The second kappa shape index (κ2) is 3.55. The van der Waals surface area contributed by atoms with Crippen molar-refractivity contribution in [3.8, 4) is 0 Å². The summed E-state index contributed by atoms with van der Waals surface area (Å²) in [6, 6.07) is 0. The molecule has 0 aromatic carbocycles. The first-order valence-electron chi connectivity index (χ1n) is 4.55. The zero-order valence-electron chi connectivity index (χ0n) is 7.98. The molecule has 0 saturated carbocycles. The number of rotatable bonds is 1. The predicted molar refractivity (Wildman–Crippen MR) is 48.8 cm³/mol. The molecule has 1 rings (SSSR count). The minimum absolute atomic E-state index is 0.491. The van der Waals surface area contributed by atoms with Crippen LogP contribution in [-0.4, -0.2) is 38.1 Å². The normalized spacial score (nSPS) is 35.2. The summed E-state index contributed by atoms with van der Waals surface area (Å²) in [4.78, 5) is 2.42. The standard InChI is InChI=1S/C9H20N2/c1-4-9(2)7-10-5-6-11(3)8-9/h10H,4-8H2,1-3H3. The van der Waals surface area contributed by atoms with Gasteiger partial charge >= 0.3 is 0 Å². The largest absolute Gasteiger partial charge is 0.315 e. The highest BCUT2D eigenvalue weighted by Gasteiger charge is 2.25. The molecule has 0 aliphatic carbocycles. The Morgan fingerprint density at radius 3 is 2.91 bits per heavy atom. The Balaban J connectivity index is 2.51. The molecule has 1 aliphatic heterocycles. The van der Waals surface area contributed by atoms with Gasteiger partial charge < -0.3 is 10.2 Å². The van der Waals surface area contributed by atoms with Crippen LogP contribution in [0.3, 0.4) is 0 Å². The van der Waals surface area contributed by atoms with Gasteiger partial charge in [-0.25, -0.2) is 0 Å². The lowest BCUT2D eigenvalue weighted by atomic mass is 9.87. The van der Waals surface area contributed by atoms with E-state index in [1.54, 1.807) is 0 Å². The van der Waals surface area contributed by atoms with E-state index in [0.717, 1.165) is 6.54 Å². The molecule has 0 aromatic rings. The molecule has 1 unspecified atom stereocenters. The van der Waals surface area contributed by atoms with Gasteiger partial charge in [0.2, 0.25) is 0 Å². The second-order valence-corrected chi connectivity index (χ2v) is 4.08. The smallest absolute Gasteiger partial charge is 0.0104 e. The van der Waals surface area contributed by atoms with Gasteiger partial charge in [0, 0.05) is 26.2 Å². The Morgan fingerprint density at radius 2 is 2.27 bits per heavy atom. The van der Waals surface area contributed by atoms with Gasteiger partial charge in [-0.1, -0.05) is 13.8 Å². The lowest BCUT2D eigenvalue weighted by molar-refractivity contribution is 0.214. The summed E-state index contributed by atoms with van der Waals surface area (Å²) in [6.45, 7) is 9.38. The van der Waals surface area contributed by atoms with Crippen molar-refractivity contribution in [1.82, 2.24) is 10.2 Å². The molecular weight excluding hydrogens is 136 g/mol. The van der Waals surface area contributed by atoms with Crippen LogP contribution in [0.5, 0.6) is 0 Å². The highest BCUT2D eigenvalue weighted by atomic mass is 15.1. The Labute approximate surface area is 70.0 Å². The number of hydrogen-bond donors (Lipinski definition) is 1. The van der Waals surface area contributed by atoms with Gasteiger partial charge in [0.15, 0.2) is 0 Å². The summed E-state index contributed by atoms with van der Waals surface area (Å²) in [7, 11) is 2.21. The maximum absolute atomic E-state index is 3.48. The van der Waals surface area contributed by atoms with Crippen LogP contribution in [0.15, 0.2) is 0 Å². The summed E-state index contributed by atoms with van der Waals surface area (Å²) in [5.41, 5.74) is 0.491. The molecular formula is C9H20N2. The third-order valence-electron chi connectivity index (χ3n) is 2.73. The van der Waals surface area contributed by atoms with Gasteiger partial charge in [-0.3, -0.25) is 0 Å². The number of hydrogen-bond acceptors (Lipinski definition) is 2. The van der Waals surface area contributed by atoms with E-state index in [1.165, 1.54) is 26.1 Å². The fourth-order valence-electron chi connectivity index (χ4n) is 1.68. The van der Waals surface area contributed by atoms with Gasteiger partial charge in [-0.15, -0.1) is 0 Å². The fraction of sp³-hybridized carbons (Fsp3) is 1.00. The minimum atomic E-state index is 0.491. The van der Waals surface area contributed by atoms with Crippen molar-refractivity contribution in [3.05, 3.63) is 0 Å². The summed E-state index contributed by atoms with van der Waals surface area (Å²) in [6.07, 6.45) is 1.27. The van der Waals surface area contributed by atoms with Gasteiger partial charge in [0.1, 0.15) is 0 Å². The summed E-state index contributed by atoms with van der Waals surface area (Å²) in [5.74, 6) is 0. The molecule has 0 spiro atoms. The molecule has 1 heterocycles. The van der Waals surface area contributed by atoms with E-state index in [4.69, 9.17) is 0 Å². The van der Waals surface area contributed by atoms with Gasteiger partial charge in [-0.2, -0.15) is 0 Å². The van der Waals surface area contributed by atoms with E-state index in [1.807, 2.05) is 0 Å². The van der Waals surface area contributed by atoms with E-state index in [0.29, 0.717) is 5.41 Å². The molecule has 11 heavy (non-hydrogen) atoms. The van der Waals surface area contributed by atoms with Crippen LogP contribution in [0.1, 0.15) is 20.3 Å². The summed E-state index contributed by atoms with van der Waals surface area (Å²) < 4.78 is 0. The first-order chi connectivity index (χ1) is 5.16. The Kier molecular flexibility index (Phi) is 2.90. The van der Waals surface area contributed by atoms with Crippen molar-refractivity contribution >= 4 is 0 Å². The van der Waals surface area contributed by atoms with E-state index in [9.17, 15) is 0 Å². The predicted octanol–water partition coefficient (Wildman–Crippen LogP) is 0.938. The summed E-state index contributed by atoms with van der Waals surface area (Å²) >= 11 is 0. The van der Waals surface area contributed by atoms with E-state index < -0.39 is 0 Å². The maximum atomic E-state index is 3.48. The quantitative estimate of drug-likeness (QED) is 0.608. The first kappa shape index (κ1) is 9.01. The molecule has 2 nitrogen and oxygen atoms in total. The average molecular weight is 156 g/mol. The van der Waals surface area contributed by atoms with Gasteiger partial charge in [0.05, 0.1) is 0 Å². The van der Waals surface area contributed by atoms with E-state index in [-0.39, 0.29) is 0 Å². The fourth-order valence-corrected chi connectivity index (χ4v) is 1.68. The molecule has 0 radical (unpaired) electrons. The monoisotopic (exact) mass is 156 g/mol. The molecule has 0 amide bonds. The second-order valence-electron chi connectivity index (χ2n) is 4.08. The Morgan fingerprint density at radius 1 is 1.55 bits per heavy atom. The highest BCUT2D eigenvalue weighted by Crippen LogP contribution is 2.21. The van der Waals surface area contributed by atoms with Crippen molar-refractivity contribution in [2.75, 3.05) is 33.2 Å². The van der Waals surface area contributed by atoms with Crippen LogP contribution in [0.2, 0.25) is 0 Å². The first-order valence-corrected chi connectivity index (χ1v) is 4.55. The molecule has 1 fully saturated rings. The zero-order valence-corrected chi connectivity index (χ0v) is 7.98. The molecule has 0 aromatic heterocycles. The molecule has 0 bridgehead atoms. The Bertz CT molecular complexity index is 125. The van der Waals surface area contributed by atoms with Crippen LogP contribution in [0, 0.1) is 5.41 Å². The van der Waals surface area contributed by atoms with Crippen molar-refractivity contribution in [3.63, 3.8) is 0 Å². The average Bonchev–Trinajstić information content (AvgIpc) is 2.13. The SMILES string of the molecule is CCC1(C)CNCCN(C)C1. The van der Waals surface area contributed by atoms with Crippen molar-refractivity contribution in [2.24, 2.45) is 5.41 Å². The van der Waals surface area contributed by atoms with E-state index in [2.05, 4.69) is 31.1 Å². The van der Waals surface area contributed by atoms with Gasteiger partial charge in [0.25, 0.3) is 0 Å². The summed E-state index contributed by atoms with van der Waals surface area (Å²) in [5, 5.41) is 3.48. The van der Waals surface area contributed by atoms with Crippen LogP contribution >= 0.6 is 0 Å². The number of nitrogens with one attached hydrogen (secondary N) is 1. The zero-order chi connectivity index (χ0) is 8.32. The minimum Gasteiger partial charge on any atom is -0.315 e. The third-order valence-corrected chi connectivity index (χ3v) is 2.73. The molecule has 2 heteroatoms. The Hall–Kier alpha value is -0.0800. The van der Waals surface area contributed by atoms with Crippen molar-refractivity contribution in [2.45, 2.75) is 20.3 Å². The maximum Gasteiger partial charge on any atom is 0.0104 e. The van der Waals surface area contributed by atoms with Gasteiger partial charge in [-0.05, 0) is 18.9 Å². The lowest BCUT2D eigenvalue weighted by Crippen LogP contribution is -2.35. The van der Waals surface area contributed by atoms with Crippen LogP contribution in [-0.2, 0) is 0 Å². The molecule has 1 aliphatic rings. The number of nitrogens with zero attached hydrogens (tertiary/aromatic N) is 1. The molecule has 1 atom stereocenters. The molecule has 1 N–H and O–H groups in total.